The summed E-state index contributed by atoms with van der Waals surface area (Å²) in [4.78, 5) is 14.2. The Labute approximate surface area is 114 Å². The van der Waals surface area contributed by atoms with Crippen molar-refractivity contribution in [3.05, 3.63) is 35.9 Å². The molecule has 1 aliphatic heterocycles. The molecule has 0 spiro atoms. The number of carbonyl (C=O) groups is 1. The molecule has 2 nitrogen and oxygen atoms in total. The first-order chi connectivity index (χ1) is 8.97. The summed E-state index contributed by atoms with van der Waals surface area (Å²) in [6.07, 6.45) is 2.06. The number of amides is 1. The van der Waals surface area contributed by atoms with Gasteiger partial charge in [-0.1, -0.05) is 32.0 Å². The molecular weight excluding hydrogens is 234 g/mol. The molecule has 2 aliphatic rings. The lowest BCUT2D eigenvalue weighted by Gasteiger charge is -2.37. The van der Waals surface area contributed by atoms with Crippen molar-refractivity contribution in [1.82, 2.24) is 4.90 Å². The number of carbonyl (C=O) groups excluding carboxylic acids is 1. The molecule has 1 heterocycles. The summed E-state index contributed by atoms with van der Waals surface area (Å²) in [5.41, 5.74) is 0.867. The van der Waals surface area contributed by atoms with Crippen molar-refractivity contribution in [2.24, 2.45) is 11.3 Å². The molecule has 2 fully saturated rings. The van der Waals surface area contributed by atoms with Crippen molar-refractivity contribution in [1.29, 1.82) is 0 Å². The molecule has 0 aromatic heterocycles. The highest BCUT2D eigenvalue weighted by molar-refractivity contribution is 5.87. The van der Waals surface area contributed by atoms with E-state index in [4.69, 9.17) is 0 Å². The molecule has 1 saturated carbocycles. The molecule has 1 aromatic carbocycles. The van der Waals surface area contributed by atoms with E-state index in [2.05, 4.69) is 32.7 Å². The average molecular weight is 253 g/mol. The Morgan fingerprint density at radius 1 is 1.21 bits per heavy atom. The van der Waals surface area contributed by atoms with Crippen LogP contribution in [0.15, 0.2) is 30.3 Å². The molecule has 1 amide bonds. The van der Waals surface area contributed by atoms with Gasteiger partial charge in [0, 0.05) is 22.9 Å². The van der Waals surface area contributed by atoms with Gasteiger partial charge in [0.1, 0.15) is 0 Å². The summed E-state index contributed by atoms with van der Waals surface area (Å²) in [6, 6.07) is 13.0. The van der Waals surface area contributed by atoms with Crippen LogP contribution in [0.1, 0.15) is 39.2 Å². The summed E-state index contributed by atoms with van der Waals surface area (Å²) < 4.78 is 0. The number of benzene rings is 1. The number of piperidine rings is 1. The van der Waals surface area contributed by atoms with Crippen molar-refractivity contribution < 1.29 is 4.79 Å². The monoisotopic (exact) mass is 253 g/mol. The van der Waals surface area contributed by atoms with Crippen molar-refractivity contribution >= 4 is 5.91 Å². The fraction of sp³-hybridized carbons (Fsp3) is 0.471. The number of hydrogen-bond donors (Lipinski definition) is 0. The fourth-order valence-corrected chi connectivity index (χ4v) is 3.54. The van der Waals surface area contributed by atoms with E-state index >= 15 is 0 Å². The number of rotatable bonds is 0. The quantitative estimate of drug-likeness (QED) is 0.651. The van der Waals surface area contributed by atoms with Crippen LogP contribution in [0.2, 0.25) is 0 Å². The van der Waals surface area contributed by atoms with Gasteiger partial charge in [0.2, 0.25) is 5.91 Å². The van der Waals surface area contributed by atoms with Gasteiger partial charge < -0.3 is 0 Å². The van der Waals surface area contributed by atoms with Crippen molar-refractivity contribution in [3.63, 3.8) is 0 Å². The summed E-state index contributed by atoms with van der Waals surface area (Å²) in [7, 11) is 0. The van der Waals surface area contributed by atoms with Gasteiger partial charge in [-0.25, -0.2) is 0 Å². The Morgan fingerprint density at radius 3 is 2.47 bits per heavy atom. The van der Waals surface area contributed by atoms with Crippen LogP contribution in [0.5, 0.6) is 0 Å². The van der Waals surface area contributed by atoms with Gasteiger partial charge in [0.25, 0.3) is 0 Å². The Balaban J connectivity index is 1.96. The fourth-order valence-electron chi connectivity index (χ4n) is 3.54. The van der Waals surface area contributed by atoms with E-state index in [9.17, 15) is 4.79 Å². The van der Waals surface area contributed by atoms with Gasteiger partial charge in [0.15, 0.2) is 0 Å². The van der Waals surface area contributed by atoms with Gasteiger partial charge in [-0.2, -0.15) is 0 Å². The predicted octanol–water partition coefficient (Wildman–Crippen LogP) is 3.03. The Kier molecular flexibility index (Phi) is 2.50. The molecule has 0 radical (unpaired) electrons. The van der Waals surface area contributed by atoms with E-state index in [1.165, 1.54) is 0 Å². The van der Waals surface area contributed by atoms with E-state index in [0.29, 0.717) is 0 Å². The second-order valence-corrected chi connectivity index (χ2v) is 6.36. The zero-order valence-corrected chi connectivity index (χ0v) is 11.7. The maximum Gasteiger partial charge on any atom is 0.238 e. The predicted molar refractivity (Wildman–Crippen MR) is 75.1 cm³/mol. The molecule has 98 valence electrons. The number of hydrogen-bond acceptors (Lipinski definition) is 1. The van der Waals surface area contributed by atoms with Crippen molar-refractivity contribution in [2.75, 3.05) is 0 Å². The molecule has 2 heteroatoms. The highest BCUT2D eigenvalue weighted by atomic mass is 16.2. The third-order valence-electron chi connectivity index (χ3n) is 5.28. The van der Waals surface area contributed by atoms with E-state index < -0.39 is 0 Å². The molecule has 19 heavy (non-hydrogen) atoms. The van der Waals surface area contributed by atoms with Crippen molar-refractivity contribution in [3.8, 4) is 12.0 Å². The SMILES string of the molecule is CC1(C)[C@@H]2CC[C@@]1(C)N(C#Cc1ccccc1)C2=O. The first-order valence-electron chi connectivity index (χ1n) is 6.87. The molecule has 0 unspecified atom stereocenters. The largest absolute Gasteiger partial charge is 0.273 e. The van der Waals surface area contributed by atoms with E-state index in [1.54, 1.807) is 4.90 Å². The average Bonchev–Trinajstić information content (AvgIpc) is 2.69. The summed E-state index contributed by atoms with van der Waals surface area (Å²) >= 11 is 0. The maximum absolute atomic E-state index is 12.4. The number of likely N-dealkylation sites (tertiary alicyclic amines) is 1. The van der Waals surface area contributed by atoms with Crippen LogP contribution in [0.4, 0.5) is 0 Å². The van der Waals surface area contributed by atoms with Gasteiger partial charge in [0.05, 0.1) is 5.54 Å². The van der Waals surface area contributed by atoms with Crippen LogP contribution in [0.3, 0.4) is 0 Å². The van der Waals surface area contributed by atoms with Crippen molar-refractivity contribution in [2.45, 2.75) is 39.2 Å². The molecule has 1 aliphatic carbocycles. The topological polar surface area (TPSA) is 20.3 Å². The Morgan fingerprint density at radius 2 is 1.89 bits per heavy atom. The molecule has 0 N–H and O–H groups in total. The maximum atomic E-state index is 12.4. The summed E-state index contributed by atoms with van der Waals surface area (Å²) in [6.45, 7) is 6.58. The Hall–Kier alpha value is -1.75. The lowest BCUT2D eigenvalue weighted by Crippen LogP contribution is -2.46. The van der Waals surface area contributed by atoms with Gasteiger partial charge >= 0.3 is 0 Å². The third kappa shape index (κ3) is 1.54. The molecule has 2 bridgehead atoms. The molecule has 3 rings (SSSR count). The summed E-state index contributed by atoms with van der Waals surface area (Å²) in [5.74, 6) is 3.47. The highest BCUT2D eigenvalue weighted by Gasteiger charge is 2.65. The van der Waals surface area contributed by atoms with E-state index in [-0.39, 0.29) is 22.8 Å². The van der Waals surface area contributed by atoms with Crippen LogP contribution in [-0.4, -0.2) is 16.3 Å². The molecule has 1 aromatic rings. The lowest BCUT2D eigenvalue weighted by molar-refractivity contribution is -0.132. The Bertz CT molecular complexity index is 578. The standard InChI is InChI=1S/C17H19NO/c1-16(2)14-9-11-17(16,3)18(15(14)19)12-10-13-7-5-4-6-8-13/h4-8,14H,9,11H2,1-3H3/t14-,17-/m1/s1. The first kappa shape index (κ1) is 12.3. The number of fused-ring (bicyclic) bond motifs is 2. The van der Waals surface area contributed by atoms with Crippen LogP contribution in [0.25, 0.3) is 0 Å². The minimum atomic E-state index is -0.115. The lowest BCUT2D eigenvalue weighted by atomic mass is 9.75. The van der Waals surface area contributed by atoms with Crippen LogP contribution in [-0.2, 0) is 4.79 Å². The van der Waals surface area contributed by atoms with E-state index in [0.717, 1.165) is 18.4 Å². The zero-order valence-electron chi connectivity index (χ0n) is 11.7. The normalized spacial score (nSPS) is 31.2. The van der Waals surface area contributed by atoms with Gasteiger partial charge in [-0.3, -0.25) is 9.69 Å². The van der Waals surface area contributed by atoms with Gasteiger partial charge in [-0.15, -0.1) is 0 Å². The molecular formula is C17H19NO. The first-order valence-corrected chi connectivity index (χ1v) is 6.87. The van der Waals surface area contributed by atoms with E-state index in [1.807, 2.05) is 30.3 Å². The molecule has 1 saturated heterocycles. The third-order valence-corrected chi connectivity index (χ3v) is 5.28. The minimum Gasteiger partial charge on any atom is -0.273 e. The smallest absolute Gasteiger partial charge is 0.238 e. The second-order valence-electron chi connectivity index (χ2n) is 6.36. The van der Waals surface area contributed by atoms with Gasteiger partial charge in [-0.05, 0) is 37.8 Å². The van der Waals surface area contributed by atoms with Crippen LogP contribution >= 0.6 is 0 Å². The minimum absolute atomic E-state index is 0.0233. The zero-order chi connectivity index (χ0) is 13.7. The second kappa shape index (κ2) is 3.87. The number of nitrogens with zero attached hydrogens (tertiary/aromatic N) is 1. The van der Waals surface area contributed by atoms with Crippen LogP contribution in [0, 0.1) is 23.3 Å². The highest BCUT2D eigenvalue weighted by Crippen LogP contribution is 2.59. The molecule has 2 atom stereocenters. The summed E-state index contributed by atoms with van der Waals surface area (Å²) in [5, 5.41) is 0. The van der Waals surface area contributed by atoms with Crippen LogP contribution < -0.4 is 0 Å².